The Labute approximate surface area is 126 Å². The molecule has 1 aromatic heterocycles. The van der Waals surface area contributed by atoms with Gasteiger partial charge in [0.05, 0.1) is 0 Å². The van der Waals surface area contributed by atoms with E-state index in [1.165, 1.54) is 12.8 Å². The minimum atomic E-state index is 0.488. The highest BCUT2D eigenvalue weighted by Gasteiger charge is 2.44. The highest BCUT2D eigenvalue weighted by Crippen LogP contribution is 2.51. The van der Waals surface area contributed by atoms with Crippen molar-refractivity contribution in [2.45, 2.75) is 45.2 Å². The van der Waals surface area contributed by atoms with Crippen molar-refractivity contribution in [1.29, 1.82) is 0 Å². The van der Waals surface area contributed by atoms with Gasteiger partial charge in [0.1, 0.15) is 11.6 Å². The molecule has 0 radical (unpaired) electrons. The Morgan fingerprint density at radius 1 is 1.25 bits per heavy atom. The average molecular weight is 294 g/mol. The van der Waals surface area contributed by atoms with Crippen molar-refractivity contribution in [1.82, 2.24) is 9.97 Å². The minimum Gasteiger partial charge on any atom is -0.370 e. The molecule has 0 saturated heterocycles. The molecule has 2 N–H and O–H groups in total. The normalized spacial score (nSPS) is 16.2. The second-order valence-corrected chi connectivity index (χ2v) is 6.70. The molecule has 0 spiro atoms. The molecule has 4 nitrogen and oxygen atoms in total. The van der Waals surface area contributed by atoms with Crippen LogP contribution in [0.5, 0.6) is 0 Å². The van der Waals surface area contributed by atoms with Gasteiger partial charge >= 0.3 is 0 Å². The SMILES string of the molecule is CCCNc1cc(NCC2(C(C)C)CC2)nc(SC)n1. The van der Waals surface area contributed by atoms with E-state index in [0.717, 1.165) is 42.2 Å². The maximum absolute atomic E-state index is 4.55. The van der Waals surface area contributed by atoms with Gasteiger partial charge in [-0.3, -0.25) is 0 Å². The molecule has 1 aromatic rings. The van der Waals surface area contributed by atoms with Crippen LogP contribution in [0.2, 0.25) is 0 Å². The first kappa shape index (κ1) is 15.4. The van der Waals surface area contributed by atoms with E-state index in [1.54, 1.807) is 11.8 Å². The Morgan fingerprint density at radius 3 is 2.40 bits per heavy atom. The van der Waals surface area contributed by atoms with E-state index in [9.17, 15) is 0 Å². The third-order valence-corrected chi connectivity index (χ3v) is 4.73. The lowest BCUT2D eigenvalue weighted by Crippen LogP contribution is -2.21. The van der Waals surface area contributed by atoms with Crippen LogP contribution in [-0.4, -0.2) is 29.3 Å². The molecule has 2 rings (SSSR count). The van der Waals surface area contributed by atoms with Crippen LogP contribution in [0.1, 0.15) is 40.0 Å². The number of rotatable bonds is 8. The van der Waals surface area contributed by atoms with Gasteiger partial charge in [0, 0.05) is 19.2 Å². The Hall–Kier alpha value is -0.970. The van der Waals surface area contributed by atoms with Gasteiger partial charge in [0.25, 0.3) is 0 Å². The summed E-state index contributed by atoms with van der Waals surface area (Å²) in [6.45, 7) is 8.75. The van der Waals surface area contributed by atoms with Gasteiger partial charge in [-0.2, -0.15) is 0 Å². The second kappa shape index (κ2) is 6.66. The standard InChI is InChI=1S/C15H26N4S/c1-5-8-16-12-9-13(19-14(18-12)20-4)17-10-15(6-7-15)11(2)3/h9,11H,5-8,10H2,1-4H3,(H2,16,17,18,19). The van der Waals surface area contributed by atoms with E-state index in [2.05, 4.69) is 41.4 Å². The second-order valence-electron chi connectivity index (χ2n) is 5.92. The largest absolute Gasteiger partial charge is 0.370 e. The molecule has 1 saturated carbocycles. The summed E-state index contributed by atoms with van der Waals surface area (Å²) in [5, 5.41) is 7.68. The molecular weight excluding hydrogens is 268 g/mol. The predicted octanol–water partition coefficient (Wildman–Crippen LogP) is 3.87. The third-order valence-electron chi connectivity index (χ3n) is 4.18. The van der Waals surface area contributed by atoms with Crippen LogP contribution in [0, 0.1) is 11.3 Å². The molecule has 0 aliphatic heterocycles. The first-order valence-electron chi connectivity index (χ1n) is 7.50. The van der Waals surface area contributed by atoms with E-state index in [0.29, 0.717) is 5.41 Å². The van der Waals surface area contributed by atoms with E-state index in [-0.39, 0.29) is 0 Å². The lowest BCUT2D eigenvalue weighted by molar-refractivity contribution is 0.379. The number of thioether (sulfide) groups is 1. The number of hydrogen-bond acceptors (Lipinski definition) is 5. The molecule has 0 amide bonds. The van der Waals surface area contributed by atoms with Crippen molar-refractivity contribution in [2.75, 3.05) is 30.0 Å². The van der Waals surface area contributed by atoms with Gasteiger partial charge in [0.15, 0.2) is 5.16 Å². The molecule has 1 fully saturated rings. The highest BCUT2D eigenvalue weighted by molar-refractivity contribution is 7.98. The lowest BCUT2D eigenvalue weighted by atomic mass is 9.92. The molecule has 1 aliphatic carbocycles. The summed E-state index contributed by atoms with van der Waals surface area (Å²) in [6.07, 6.45) is 5.77. The molecule has 20 heavy (non-hydrogen) atoms. The summed E-state index contributed by atoms with van der Waals surface area (Å²) < 4.78 is 0. The van der Waals surface area contributed by atoms with Crippen molar-refractivity contribution in [2.24, 2.45) is 11.3 Å². The van der Waals surface area contributed by atoms with Gasteiger partial charge in [0.2, 0.25) is 0 Å². The molecule has 0 unspecified atom stereocenters. The molecule has 112 valence electrons. The zero-order valence-corrected chi connectivity index (χ0v) is 13.8. The first-order chi connectivity index (χ1) is 9.59. The van der Waals surface area contributed by atoms with Gasteiger partial charge in [-0.15, -0.1) is 0 Å². The van der Waals surface area contributed by atoms with Crippen molar-refractivity contribution in [3.05, 3.63) is 6.07 Å². The molecule has 0 atom stereocenters. The Balaban J connectivity index is 2.02. The molecule has 1 heterocycles. The van der Waals surface area contributed by atoms with Gasteiger partial charge < -0.3 is 10.6 Å². The Kier molecular flexibility index (Phi) is 5.13. The van der Waals surface area contributed by atoms with Crippen molar-refractivity contribution in [3.63, 3.8) is 0 Å². The maximum Gasteiger partial charge on any atom is 0.191 e. The number of nitrogens with zero attached hydrogens (tertiary/aromatic N) is 2. The van der Waals surface area contributed by atoms with E-state index in [4.69, 9.17) is 0 Å². The van der Waals surface area contributed by atoms with Crippen LogP contribution in [0.4, 0.5) is 11.6 Å². The van der Waals surface area contributed by atoms with Gasteiger partial charge in [-0.05, 0) is 36.9 Å². The molecular formula is C15H26N4S. The number of anilines is 2. The summed E-state index contributed by atoms with van der Waals surface area (Å²) in [6, 6.07) is 2.02. The van der Waals surface area contributed by atoms with Crippen LogP contribution in [-0.2, 0) is 0 Å². The minimum absolute atomic E-state index is 0.488. The summed E-state index contributed by atoms with van der Waals surface area (Å²) in [5.74, 6) is 2.59. The van der Waals surface area contributed by atoms with E-state index in [1.807, 2.05) is 12.3 Å². The zero-order valence-electron chi connectivity index (χ0n) is 13.0. The topological polar surface area (TPSA) is 49.8 Å². The smallest absolute Gasteiger partial charge is 0.191 e. The Bertz CT molecular complexity index is 443. The summed E-state index contributed by atoms with van der Waals surface area (Å²) in [4.78, 5) is 9.04. The third kappa shape index (κ3) is 3.78. The highest BCUT2D eigenvalue weighted by atomic mass is 32.2. The van der Waals surface area contributed by atoms with Crippen molar-refractivity contribution in [3.8, 4) is 0 Å². The summed E-state index contributed by atoms with van der Waals surface area (Å²) in [5.41, 5.74) is 0.488. The van der Waals surface area contributed by atoms with Crippen LogP contribution in [0.25, 0.3) is 0 Å². The molecule has 1 aliphatic rings. The van der Waals surface area contributed by atoms with Crippen molar-refractivity contribution >= 4 is 23.4 Å². The summed E-state index contributed by atoms with van der Waals surface area (Å²) in [7, 11) is 0. The summed E-state index contributed by atoms with van der Waals surface area (Å²) >= 11 is 1.58. The van der Waals surface area contributed by atoms with E-state index < -0.39 is 0 Å². The van der Waals surface area contributed by atoms with Crippen molar-refractivity contribution < 1.29 is 0 Å². The van der Waals surface area contributed by atoms with Gasteiger partial charge in [-0.25, -0.2) is 9.97 Å². The predicted molar refractivity (Wildman–Crippen MR) is 87.6 cm³/mol. The van der Waals surface area contributed by atoms with Crippen LogP contribution in [0.3, 0.4) is 0 Å². The number of aromatic nitrogens is 2. The van der Waals surface area contributed by atoms with Crippen LogP contribution in [0.15, 0.2) is 11.2 Å². The zero-order chi connectivity index (χ0) is 14.6. The van der Waals surface area contributed by atoms with Crippen LogP contribution >= 0.6 is 11.8 Å². The number of hydrogen-bond donors (Lipinski definition) is 2. The molecule has 0 aromatic carbocycles. The van der Waals surface area contributed by atoms with Crippen LogP contribution < -0.4 is 10.6 Å². The first-order valence-corrected chi connectivity index (χ1v) is 8.73. The fourth-order valence-corrected chi connectivity index (χ4v) is 2.72. The molecule has 0 bridgehead atoms. The van der Waals surface area contributed by atoms with Gasteiger partial charge in [-0.1, -0.05) is 32.5 Å². The maximum atomic E-state index is 4.55. The lowest BCUT2D eigenvalue weighted by Gasteiger charge is -2.20. The van der Waals surface area contributed by atoms with E-state index >= 15 is 0 Å². The monoisotopic (exact) mass is 294 g/mol. The molecule has 5 heteroatoms. The fraction of sp³-hybridized carbons (Fsp3) is 0.733. The Morgan fingerprint density at radius 2 is 1.90 bits per heavy atom. The fourth-order valence-electron chi connectivity index (χ4n) is 2.34. The number of nitrogens with one attached hydrogen (secondary N) is 2. The average Bonchev–Trinajstić information content (AvgIpc) is 3.24. The quantitative estimate of drug-likeness (QED) is 0.563.